The van der Waals surface area contributed by atoms with Gasteiger partial charge in [0.2, 0.25) is 0 Å². The zero-order valence-electron chi connectivity index (χ0n) is 15.3. The second-order valence-electron chi connectivity index (χ2n) is 6.48. The van der Waals surface area contributed by atoms with Gasteiger partial charge in [0, 0.05) is 16.7 Å². The number of carbonyl (C=O) groups excluding carboxylic acids is 1. The van der Waals surface area contributed by atoms with Crippen LogP contribution in [0.15, 0.2) is 68.9 Å². The number of nitrogens with one attached hydrogen (secondary N) is 1. The number of halogens is 1. The van der Waals surface area contributed by atoms with Crippen molar-refractivity contribution in [2.24, 2.45) is 4.99 Å². The van der Waals surface area contributed by atoms with E-state index >= 15 is 0 Å². The fraction of sp³-hybridized carbons (Fsp3) is 0.0909. The summed E-state index contributed by atoms with van der Waals surface area (Å²) in [5.41, 5.74) is 3.92. The number of aliphatic imine (C=N–C) groups is 1. The van der Waals surface area contributed by atoms with Gasteiger partial charge in [0.15, 0.2) is 5.17 Å². The first-order chi connectivity index (χ1) is 13.5. The summed E-state index contributed by atoms with van der Waals surface area (Å²) < 4.78 is 5.86. The van der Waals surface area contributed by atoms with Gasteiger partial charge in [-0.15, -0.1) is 0 Å². The lowest BCUT2D eigenvalue weighted by Gasteiger charge is -2.02. The largest absolute Gasteiger partial charge is 0.457 e. The lowest BCUT2D eigenvalue weighted by Crippen LogP contribution is -2.19. The third kappa shape index (κ3) is 4.06. The Bertz CT molecular complexity index is 1130. The van der Waals surface area contributed by atoms with Crippen LogP contribution < -0.4 is 5.32 Å². The number of furan rings is 1. The molecule has 0 radical (unpaired) electrons. The molecule has 1 N–H and O–H groups in total. The van der Waals surface area contributed by atoms with Gasteiger partial charge in [-0.1, -0.05) is 35.9 Å². The van der Waals surface area contributed by atoms with Crippen LogP contribution in [0.3, 0.4) is 0 Å². The maximum atomic E-state index is 12.3. The summed E-state index contributed by atoms with van der Waals surface area (Å²) in [5.74, 6) is 1.11. The van der Waals surface area contributed by atoms with Crippen LogP contribution in [0, 0.1) is 13.8 Å². The molecule has 28 heavy (non-hydrogen) atoms. The van der Waals surface area contributed by atoms with E-state index in [1.165, 1.54) is 11.8 Å². The van der Waals surface area contributed by atoms with Crippen molar-refractivity contribution in [2.75, 3.05) is 0 Å². The molecule has 6 heteroatoms. The molecule has 1 aromatic heterocycles. The van der Waals surface area contributed by atoms with Gasteiger partial charge in [-0.2, -0.15) is 0 Å². The molecule has 3 aromatic rings. The van der Waals surface area contributed by atoms with E-state index in [1.807, 2.05) is 68.4 Å². The van der Waals surface area contributed by atoms with Gasteiger partial charge in [-0.05, 0) is 67.1 Å². The topological polar surface area (TPSA) is 54.6 Å². The van der Waals surface area contributed by atoms with E-state index in [2.05, 4.69) is 10.3 Å². The van der Waals surface area contributed by atoms with E-state index in [-0.39, 0.29) is 5.91 Å². The number of rotatable bonds is 3. The van der Waals surface area contributed by atoms with Gasteiger partial charge in [-0.25, -0.2) is 4.99 Å². The number of amides is 1. The van der Waals surface area contributed by atoms with Crippen molar-refractivity contribution >= 4 is 46.2 Å². The SMILES string of the molecule is Cc1ccc(C)c(N=C2NC(=O)/C(=C\c3ccc(-c4cccc(Cl)c4)o3)S2)c1. The first-order valence-corrected chi connectivity index (χ1v) is 9.90. The van der Waals surface area contributed by atoms with Crippen molar-refractivity contribution in [2.45, 2.75) is 13.8 Å². The quantitative estimate of drug-likeness (QED) is 0.532. The highest BCUT2D eigenvalue weighted by Crippen LogP contribution is 2.31. The summed E-state index contributed by atoms with van der Waals surface area (Å²) >= 11 is 7.34. The highest BCUT2D eigenvalue weighted by molar-refractivity contribution is 8.18. The van der Waals surface area contributed by atoms with E-state index in [1.54, 1.807) is 6.08 Å². The zero-order chi connectivity index (χ0) is 19.7. The predicted molar refractivity (Wildman–Crippen MR) is 116 cm³/mol. The van der Waals surface area contributed by atoms with Crippen molar-refractivity contribution in [1.82, 2.24) is 5.32 Å². The van der Waals surface area contributed by atoms with Gasteiger partial charge in [0.1, 0.15) is 11.5 Å². The fourth-order valence-electron chi connectivity index (χ4n) is 2.79. The molecule has 0 atom stereocenters. The third-order valence-corrected chi connectivity index (χ3v) is 5.39. The molecule has 1 fully saturated rings. The van der Waals surface area contributed by atoms with Gasteiger partial charge < -0.3 is 9.73 Å². The molecule has 1 aliphatic heterocycles. The molecule has 1 saturated heterocycles. The molecular formula is C22H17ClN2O2S. The van der Waals surface area contributed by atoms with E-state index in [9.17, 15) is 4.79 Å². The summed E-state index contributed by atoms with van der Waals surface area (Å²) in [5, 5.41) is 4.02. The van der Waals surface area contributed by atoms with Gasteiger partial charge >= 0.3 is 0 Å². The van der Waals surface area contributed by atoms with E-state index in [4.69, 9.17) is 16.0 Å². The van der Waals surface area contributed by atoms with Crippen LogP contribution in [0.4, 0.5) is 5.69 Å². The fourth-order valence-corrected chi connectivity index (χ4v) is 3.79. The Hall–Kier alpha value is -2.76. The summed E-state index contributed by atoms with van der Waals surface area (Å²) in [4.78, 5) is 17.4. The zero-order valence-corrected chi connectivity index (χ0v) is 16.9. The van der Waals surface area contributed by atoms with Crippen LogP contribution >= 0.6 is 23.4 Å². The average Bonchev–Trinajstić information content (AvgIpc) is 3.25. The summed E-state index contributed by atoms with van der Waals surface area (Å²) in [6.07, 6.45) is 1.72. The summed E-state index contributed by atoms with van der Waals surface area (Å²) in [6, 6.07) is 17.2. The first kappa shape index (κ1) is 18.6. The molecule has 4 rings (SSSR count). The van der Waals surface area contributed by atoms with Crippen molar-refractivity contribution in [3.63, 3.8) is 0 Å². The summed E-state index contributed by atoms with van der Waals surface area (Å²) in [7, 11) is 0. The lowest BCUT2D eigenvalue weighted by molar-refractivity contribution is -0.115. The molecular weight excluding hydrogens is 392 g/mol. The minimum Gasteiger partial charge on any atom is -0.457 e. The van der Waals surface area contributed by atoms with Crippen molar-refractivity contribution < 1.29 is 9.21 Å². The maximum Gasteiger partial charge on any atom is 0.264 e. The summed E-state index contributed by atoms with van der Waals surface area (Å²) in [6.45, 7) is 4.01. The highest BCUT2D eigenvalue weighted by Gasteiger charge is 2.24. The monoisotopic (exact) mass is 408 g/mol. The maximum absolute atomic E-state index is 12.3. The number of hydrogen-bond donors (Lipinski definition) is 1. The molecule has 1 amide bonds. The molecule has 2 heterocycles. The number of thioether (sulfide) groups is 1. The molecule has 1 aliphatic rings. The number of amidine groups is 1. The molecule has 0 unspecified atom stereocenters. The predicted octanol–water partition coefficient (Wildman–Crippen LogP) is 6.11. The van der Waals surface area contributed by atoms with Gasteiger partial charge in [-0.3, -0.25) is 4.79 Å². The Morgan fingerprint density at radius 1 is 1.11 bits per heavy atom. The third-order valence-electron chi connectivity index (χ3n) is 4.25. The Balaban J connectivity index is 1.57. The number of nitrogens with zero attached hydrogens (tertiary/aromatic N) is 1. The Morgan fingerprint density at radius 3 is 2.79 bits per heavy atom. The van der Waals surface area contributed by atoms with Gasteiger partial charge in [0.25, 0.3) is 5.91 Å². The van der Waals surface area contributed by atoms with Crippen LogP contribution in [-0.4, -0.2) is 11.1 Å². The molecule has 140 valence electrons. The number of carbonyl (C=O) groups is 1. The molecule has 0 aliphatic carbocycles. The molecule has 2 aromatic carbocycles. The van der Waals surface area contributed by atoms with Crippen LogP contribution in [-0.2, 0) is 4.79 Å². The molecule has 0 saturated carbocycles. The number of aryl methyl sites for hydroxylation is 2. The minimum absolute atomic E-state index is 0.185. The minimum atomic E-state index is -0.185. The van der Waals surface area contributed by atoms with Crippen molar-refractivity contribution in [3.05, 3.63) is 81.4 Å². The molecule has 0 spiro atoms. The lowest BCUT2D eigenvalue weighted by atomic mass is 10.1. The van der Waals surface area contributed by atoms with Crippen LogP contribution in [0.25, 0.3) is 17.4 Å². The normalized spacial score (nSPS) is 16.8. The van der Waals surface area contributed by atoms with Gasteiger partial charge in [0.05, 0.1) is 10.6 Å². The highest BCUT2D eigenvalue weighted by atomic mass is 35.5. The van der Waals surface area contributed by atoms with Crippen molar-refractivity contribution in [3.8, 4) is 11.3 Å². The van der Waals surface area contributed by atoms with E-state index in [0.717, 1.165) is 22.4 Å². The second kappa shape index (κ2) is 7.70. The van der Waals surface area contributed by atoms with E-state index < -0.39 is 0 Å². The number of hydrogen-bond acceptors (Lipinski definition) is 4. The number of benzene rings is 2. The Kier molecular flexibility index (Phi) is 5.11. The van der Waals surface area contributed by atoms with Crippen LogP contribution in [0.2, 0.25) is 5.02 Å². The smallest absolute Gasteiger partial charge is 0.264 e. The van der Waals surface area contributed by atoms with Crippen molar-refractivity contribution in [1.29, 1.82) is 0 Å². The second-order valence-corrected chi connectivity index (χ2v) is 7.95. The Morgan fingerprint density at radius 2 is 1.96 bits per heavy atom. The van der Waals surface area contributed by atoms with E-state index in [0.29, 0.717) is 26.6 Å². The van der Waals surface area contributed by atoms with Crippen LogP contribution in [0.1, 0.15) is 16.9 Å². The Labute approximate surface area is 172 Å². The molecule has 0 bridgehead atoms. The van der Waals surface area contributed by atoms with Crippen LogP contribution in [0.5, 0.6) is 0 Å². The first-order valence-electron chi connectivity index (χ1n) is 8.70. The molecule has 4 nitrogen and oxygen atoms in total. The standard InChI is InChI=1S/C22H17ClN2O2S/c1-13-6-7-14(2)18(10-13)24-22-25-21(26)20(28-22)12-17-8-9-19(27-17)15-4-3-5-16(23)11-15/h3-12H,1-2H3,(H,24,25,26)/b20-12+. The average molecular weight is 409 g/mol.